The van der Waals surface area contributed by atoms with Crippen molar-refractivity contribution in [3.8, 4) is 0 Å². The highest BCUT2D eigenvalue weighted by atomic mass is 16.5. The molecule has 0 N–H and O–H groups in total. The maximum atomic E-state index is 10.4. The largest absolute Gasteiger partial charge is 0.359 e. The summed E-state index contributed by atoms with van der Waals surface area (Å²) in [4.78, 5) is 12.3. The van der Waals surface area contributed by atoms with Gasteiger partial charge < -0.3 is 9.53 Å². The average molecular weight is 197 g/mol. The van der Waals surface area contributed by atoms with Gasteiger partial charge in [0.25, 0.3) is 0 Å². The van der Waals surface area contributed by atoms with Gasteiger partial charge >= 0.3 is 0 Å². The average Bonchev–Trinajstić information content (AvgIpc) is 2.48. The van der Waals surface area contributed by atoms with Crippen molar-refractivity contribution in [1.82, 2.24) is 4.90 Å². The first-order valence-corrected chi connectivity index (χ1v) is 5.09. The molecule has 0 spiro atoms. The van der Waals surface area contributed by atoms with E-state index in [9.17, 15) is 4.79 Å². The Hall–Kier alpha value is -0.670. The van der Waals surface area contributed by atoms with E-state index in [1.54, 1.807) is 0 Å². The molecule has 1 saturated heterocycles. The third kappa shape index (κ3) is 2.66. The first-order valence-electron chi connectivity index (χ1n) is 5.09. The van der Waals surface area contributed by atoms with Crippen molar-refractivity contribution in [2.75, 3.05) is 13.6 Å². The molecule has 0 bridgehead atoms. The summed E-state index contributed by atoms with van der Waals surface area (Å²) in [6, 6.07) is 0. The number of carbonyl (C=O) groups is 1. The van der Waals surface area contributed by atoms with Crippen molar-refractivity contribution in [3.05, 3.63) is 12.7 Å². The summed E-state index contributed by atoms with van der Waals surface area (Å²) in [7, 11) is 1.92. The molecule has 3 heteroatoms. The Morgan fingerprint density at radius 3 is 2.93 bits per heavy atom. The van der Waals surface area contributed by atoms with Crippen molar-refractivity contribution < 1.29 is 9.53 Å². The quantitative estimate of drug-likeness (QED) is 0.493. The van der Waals surface area contributed by atoms with E-state index in [0.29, 0.717) is 12.5 Å². The van der Waals surface area contributed by atoms with Gasteiger partial charge in [-0.1, -0.05) is 13.0 Å². The fourth-order valence-electron chi connectivity index (χ4n) is 2.02. The van der Waals surface area contributed by atoms with Gasteiger partial charge in [0.15, 0.2) is 0 Å². The first kappa shape index (κ1) is 11.4. The highest BCUT2D eigenvalue weighted by Gasteiger charge is 2.33. The summed E-state index contributed by atoms with van der Waals surface area (Å²) in [5.74, 6) is 0.491. The van der Waals surface area contributed by atoms with Crippen LogP contribution in [0.5, 0.6) is 0 Å². The van der Waals surface area contributed by atoms with E-state index in [2.05, 4.69) is 13.5 Å². The highest BCUT2D eigenvalue weighted by Crippen LogP contribution is 2.29. The van der Waals surface area contributed by atoms with Gasteiger partial charge in [-0.15, -0.1) is 6.58 Å². The number of likely N-dealkylation sites (N-methyl/N-ethyl adjacent to an activating group) is 1. The zero-order chi connectivity index (χ0) is 10.6. The van der Waals surface area contributed by atoms with E-state index in [-0.39, 0.29) is 12.3 Å². The molecular formula is C11H19NO2. The van der Waals surface area contributed by atoms with E-state index in [1.165, 1.54) is 0 Å². The molecule has 2 unspecified atom stereocenters. The lowest BCUT2D eigenvalue weighted by molar-refractivity contribution is -0.113. The van der Waals surface area contributed by atoms with E-state index in [1.807, 2.05) is 18.0 Å². The second-order valence-electron chi connectivity index (χ2n) is 3.99. The molecule has 0 aliphatic carbocycles. The van der Waals surface area contributed by atoms with Gasteiger partial charge in [-0.3, -0.25) is 4.90 Å². The van der Waals surface area contributed by atoms with Crippen LogP contribution >= 0.6 is 0 Å². The number of rotatable bonds is 5. The first-order chi connectivity index (χ1) is 6.69. The van der Waals surface area contributed by atoms with E-state index in [4.69, 9.17) is 4.74 Å². The zero-order valence-electron chi connectivity index (χ0n) is 8.98. The maximum Gasteiger partial charge on any atom is 0.134 e. The highest BCUT2D eigenvalue weighted by molar-refractivity contribution is 5.51. The van der Waals surface area contributed by atoms with Crippen molar-refractivity contribution in [1.29, 1.82) is 0 Å². The second-order valence-corrected chi connectivity index (χ2v) is 3.99. The van der Waals surface area contributed by atoms with Crippen LogP contribution in [0.25, 0.3) is 0 Å². The molecule has 0 aromatic heterocycles. The maximum absolute atomic E-state index is 10.4. The summed E-state index contributed by atoms with van der Waals surface area (Å²) in [5, 5.41) is 0. The van der Waals surface area contributed by atoms with E-state index in [0.717, 1.165) is 19.1 Å². The molecule has 3 atom stereocenters. The molecule has 1 aliphatic rings. The van der Waals surface area contributed by atoms with Crippen LogP contribution in [0.3, 0.4) is 0 Å². The van der Waals surface area contributed by atoms with Crippen LogP contribution in [-0.4, -0.2) is 37.1 Å². The third-order valence-electron chi connectivity index (χ3n) is 2.68. The fourth-order valence-corrected chi connectivity index (χ4v) is 2.02. The molecule has 0 aromatic rings. The van der Waals surface area contributed by atoms with Crippen LogP contribution in [0.1, 0.15) is 19.8 Å². The molecule has 1 heterocycles. The Kier molecular flexibility index (Phi) is 4.29. The van der Waals surface area contributed by atoms with Crippen molar-refractivity contribution in [2.24, 2.45) is 5.92 Å². The van der Waals surface area contributed by atoms with Crippen LogP contribution in [0.15, 0.2) is 12.7 Å². The second kappa shape index (κ2) is 5.27. The number of nitrogens with zero attached hydrogens (tertiary/aromatic N) is 1. The molecule has 0 amide bonds. The predicted molar refractivity (Wildman–Crippen MR) is 56.0 cm³/mol. The summed E-state index contributed by atoms with van der Waals surface area (Å²) in [6.45, 7) is 6.31. The zero-order valence-corrected chi connectivity index (χ0v) is 8.98. The lowest BCUT2D eigenvalue weighted by Crippen LogP contribution is -2.36. The molecule has 0 radical (unpaired) electrons. The molecule has 80 valence electrons. The normalized spacial score (nSPS) is 32.1. The molecule has 1 fully saturated rings. The van der Waals surface area contributed by atoms with Gasteiger partial charge in [0.2, 0.25) is 0 Å². The summed E-state index contributed by atoms with van der Waals surface area (Å²) in [5.41, 5.74) is 0. The molecular weight excluding hydrogens is 178 g/mol. The number of hydrogen-bond acceptors (Lipinski definition) is 3. The Morgan fingerprint density at radius 2 is 2.36 bits per heavy atom. The Morgan fingerprint density at radius 1 is 1.64 bits per heavy atom. The molecule has 0 aromatic carbocycles. The monoisotopic (exact) mass is 197 g/mol. The van der Waals surface area contributed by atoms with Gasteiger partial charge in [-0.25, -0.2) is 0 Å². The summed E-state index contributed by atoms with van der Waals surface area (Å²) in [6.07, 6.45) is 5.12. The van der Waals surface area contributed by atoms with E-state index >= 15 is 0 Å². The molecule has 14 heavy (non-hydrogen) atoms. The lowest BCUT2D eigenvalue weighted by Gasteiger charge is -2.25. The third-order valence-corrected chi connectivity index (χ3v) is 2.68. The van der Waals surface area contributed by atoms with Gasteiger partial charge in [0.05, 0.1) is 12.6 Å². The standard InChI is InChI=1S/C11H19NO2/c1-4-5-10-8-9(2)11(14-10)12(3)6-7-13/h4,7,9-11H,1,5-6,8H2,2-3H3/t9-,10?,11?/m1/s1. The Balaban J connectivity index is 2.46. The van der Waals surface area contributed by atoms with Crippen LogP contribution in [0.4, 0.5) is 0 Å². The van der Waals surface area contributed by atoms with Crippen LogP contribution < -0.4 is 0 Å². The number of ether oxygens (including phenoxy) is 1. The molecule has 3 nitrogen and oxygen atoms in total. The van der Waals surface area contributed by atoms with Gasteiger partial charge in [0.1, 0.15) is 12.5 Å². The van der Waals surface area contributed by atoms with Crippen LogP contribution in [-0.2, 0) is 9.53 Å². The van der Waals surface area contributed by atoms with Crippen LogP contribution in [0, 0.1) is 5.92 Å². The van der Waals surface area contributed by atoms with Crippen molar-refractivity contribution >= 4 is 6.29 Å². The van der Waals surface area contributed by atoms with Gasteiger partial charge in [-0.2, -0.15) is 0 Å². The summed E-state index contributed by atoms with van der Waals surface area (Å²) < 4.78 is 5.82. The Labute approximate surface area is 85.7 Å². The minimum atomic E-state index is 0.0881. The minimum absolute atomic E-state index is 0.0881. The number of hydrogen-bond donors (Lipinski definition) is 0. The van der Waals surface area contributed by atoms with Crippen molar-refractivity contribution in [3.63, 3.8) is 0 Å². The van der Waals surface area contributed by atoms with Crippen molar-refractivity contribution in [2.45, 2.75) is 32.1 Å². The predicted octanol–water partition coefficient (Wildman–Crippen LogP) is 1.44. The van der Waals surface area contributed by atoms with E-state index < -0.39 is 0 Å². The fraction of sp³-hybridized carbons (Fsp3) is 0.727. The van der Waals surface area contributed by atoms with Crippen LogP contribution in [0.2, 0.25) is 0 Å². The summed E-state index contributed by atoms with van der Waals surface area (Å²) >= 11 is 0. The molecule has 1 aliphatic heterocycles. The Bertz CT molecular complexity index is 205. The number of aldehydes is 1. The smallest absolute Gasteiger partial charge is 0.134 e. The number of carbonyl (C=O) groups excluding carboxylic acids is 1. The molecule has 0 saturated carbocycles. The van der Waals surface area contributed by atoms with Gasteiger partial charge in [-0.05, 0) is 25.8 Å². The minimum Gasteiger partial charge on any atom is -0.359 e. The molecule has 1 rings (SSSR count). The van der Waals surface area contributed by atoms with Gasteiger partial charge in [0, 0.05) is 0 Å². The lowest BCUT2D eigenvalue weighted by atomic mass is 10.0. The SMILES string of the molecule is C=CCC1C[C@@H](C)C(N(C)CC=O)O1. The topological polar surface area (TPSA) is 29.5 Å².